The van der Waals surface area contributed by atoms with Crippen LogP contribution in [0.1, 0.15) is 47.6 Å². The number of rotatable bonds is 9. The van der Waals surface area contributed by atoms with Crippen molar-refractivity contribution in [2.45, 2.75) is 64.4 Å². The number of carbonyl (C=O) groups is 2. The van der Waals surface area contributed by atoms with E-state index in [2.05, 4.69) is 4.98 Å². The number of ether oxygens (including phenoxy) is 2. The van der Waals surface area contributed by atoms with Gasteiger partial charge in [-0.15, -0.1) is 0 Å². The van der Waals surface area contributed by atoms with Crippen molar-refractivity contribution in [3.05, 3.63) is 94.3 Å². The van der Waals surface area contributed by atoms with Gasteiger partial charge in [-0.3, -0.25) is 4.90 Å². The van der Waals surface area contributed by atoms with Crippen LogP contribution in [-0.4, -0.2) is 58.7 Å². The van der Waals surface area contributed by atoms with Gasteiger partial charge in [-0.05, 0) is 73.9 Å². The van der Waals surface area contributed by atoms with Crippen molar-refractivity contribution in [1.29, 1.82) is 0 Å². The predicted molar refractivity (Wildman–Crippen MR) is 162 cm³/mol. The van der Waals surface area contributed by atoms with Gasteiger partial charge in [0.15, 0.2) is 0 Å². The fourth-order valence-corrected chi connectivity index (χ4v) is 5.35. The van der Waals surface area contributed by atoms with Crippen LogP contribution in [-0.2, 0) is 17.5 Å². The molecular weight excluding hydrogens is 687 g/mol. The summed E-state index contributed by atoms with van der Waals surface area (Å²) in [5.74, 6) is -1.02. The molecule has 50 heavy (non-hydrogen) atoms. The lowest BCUT2D eigenvalue weighted by atomic mass is 9.92. The molecule has 2 atom stereocenters. The first kappa shape index (κ1) is 37.8. The Morgan fingerprint density at radius 3 is 2.18 bits per heavy atom. The highest BCUT2D eigenvalue weighted by Gasteiger charge is 2.41. The van der Waals surface area contributed by atoms with E-state index in [1.165, 1.54) is 32.2 Å². The number of hydrogen-bond donors (Lipinski definition) is 1. The summed E-state index contributed by atoms with van der Waals surface area (Å²) in [7, 11) is 1.33. The van der Waals surface area contributed by atoms with Crippen molar-refractivity contribution < 1.29 is 63.7 Å². The third-order valence-electron chi connectivity index (χ3n) is 8.11. The number of carboxylic acid groups (broad SMARTS) is 1. The number of hydrogen-bond acceptors (Lipinski definition) is 5. The van der Waals surface area contributed by atoms with E-state index in [0.29, 0.717) is 29.8 Å². The van der Waals surface area contributed by atoms with Crippen molar-refractivity contribution >= 4 is 12.1 Å². The van der Waals surface area contributed by atoms with Crippen molar-refractivity contribution in [2.24, 2.45) is 0 Å². The number of pyridine rings is 1. The van der Waals surface area contributed by atoms with Crippen LogP contribution in [0.4, 0.5) is 44.3 Å². The molecule has 0 aliphatic carbocycles. The largest absolute Gasteiger partial charge is 0.496 e. The van der Waals surface area contributed by atoms with E-state index >= 15 is 0 Å². The Morgan fingerprint density at radius 2 is 1.62 bits per heavy atom. The first-order chi connectivity index (χ1) is 23.1. The normalized spacial score (nSPS) is 17.6. The van der Waals surface area contributed by atoms with Crippen LogP contribution < -0.4 is 4.74 Å². The van der Waals surface area contributed by atoms with Crippen LogP contribution in [0.25, 0.3) is 22.3 Å². The molecule has 2 unspecified atom stereocenters. The van der Waals surface area contributed by atoms with Gasteiger partial charge in [-0.25, -0.2) is 14.6 Å². The third-order valence-corrected chi connectivity index (χ3v) is 8.11. The van der Waals surface area contributed by atoms with Crippen molar-refractivity contribution in [3.63, 3.8) is 0 Å². The molecule has 0 radical (unpaired) electrons. The van der Waals surface area contributed by atoms with Crippen LogP contribution in [0, 0.1) is 6.92 Å². The number of allylic oxidation sites excluding steroid dienone is 3. The summed E-state index contributed by atoms with van der Waals surface area (Å²) in [4.78, 5) is 29.4. The minimum atomic E-state index is -5.16. The number of carbonyl (C=O) groups excluding carboxylic acids is 1. The standard InChI is InChI=1S/C34H29F9N2O5/c1-17(32(35,36)37)13-22(33(38,39)40)7-12-28-19(3)45(31(48)50-28)16-21-14-23(34(41,42)43)6-8-25(21)26-15-20(5-11-29(26)49-4)24-9-10-27(30(46)47)44-18(24)2/h5-11,13-15,19,28H,12,16H2,1-4H3,(H,46,47)/b17-13+,22-7+. The maximum Gasteiger partial charge on any atom is 0.416 e. The molecular formula is C34H29F9N2O5. The second-order valence-corrected chi connectivity index (χ2v) is 11.4. The number of carboxylic acids is 1. The average molecular weight is 717 g/mol. The fourth-order valence-electron chi connectivity index (χ4n) is 5.35. The molecule has 4 rings (SSSR count). The molecule has 16 heteroatoms. The molecule has 1 aliphatic rings. The Kier molecular flexibility index (Phi) is 10.6. The van der Waals surface area contributed by atoms with E-state index in [-0.39, 0.29) is 34.2 Å². The number of aryl methyl sites for hydroxylation is 1. The van der Waals surface area contributed by atoms with Gasteiger partial charge in [0.25, 0.3) is 0 Å². The van der Waals surface area contributed by atoms with Crippen molar-refractivity contribution in [1.82, 2.24) is 9.88 Å². The summed E-state index contributed by atoms with van der Waals surface area (Å²) in [6.45, 7) is 2.94. The number of halogens is 9. The number of aromatic carboxylic acids is 1. The summed E-state index contributed by atoms with van der Waals surface area (Å²) in [5, 5.41) is 9.27. The lowest BCUT2D eigenvalue weighted by Gasteiger charge is -2.24. The minimum absolute atomic E-state index is 0.0361. The van der Waals surface area contributed by atoms with Crippen LogP contribution in [0.2, 0.25) is 0 Å². The second-order valence-electron chi connectivity index (χ2n) is 11.4. The summed E-state index contributed by atoms with van der Waals surface area (Å²) in [5.41, 5.74) is -2.56. The molecule has 268 valence electrons. The van der Waals surface area contributed by atoms with E-state index in [4.69, 9.17) is 9.47 Å². The zero-order chi connectivity index (χ0) is 37.3. The van der Waals surface area contributed by atoms with Crippen LogP contribution in [0.5, 0.6) is 5.75 Å². The second kappa shape index (κ2) is 14.1. The highest BCUT2D eigenvalue weighted by atomic mass is 19.4. The van der Waals surface area contributed by atoms with Crippen LogP contribution >= 0.6 is 0 Å². The molecule has 0 spiro atoms. The molecule has 1 aromatic heterocycles. The summed E-state index contributed by atoms with van der Waals surface area (Å²) >= 11 is 0. The van der Waals surface area contributed by atoms with E-state index in [1.807, 2.05) is 0 Å². The lowest BCUT2D eigenvalue weighted by molar-refractivity contribution is -0.137. The average Bonchev–Trinajstić information content (AvgIpc) is 3.28. The van der Waals surface area contributed by atoms with Gasteiger partial charge in [-0.2, -0.15) is 39.5 Å². The number of cyclic esters (lactones) is 1. The van der Waals surface area contributed by atoms with E-state index in [9.17, 15) is 54.2 Å². The highest BCUT2D eigenvalue weighted by molar-refractivity contribution is 5.87. The minimum Gasteiger partial charge on any atom is -0.496 e. The Labute approximate surface area is 279 Å². The molecule has 3 aromatic rings. The number of nitrogens with zero attached hydrogens (tertiary/aromatic N) is 2. The van der Waals surface area contributed by atoms with Gasteiger partial charge in [0.2, 0.25) is 0 Å². The van der Waals surface area contributed by atoms with Gasteiger partial charge in [-0.1, -0.05) is 24.3 Å². The summed E-state index contributed by atoms with van der Waals surface area (Å²) in [6, 6.07) is 9.37. The van der Waals surface area contributed by atoms with E-state index < -0.39 is 72.4 Å². The smallest absolute Gasteiger partial charge is 0.416 e. The third kappa shape index (κ3) is 8.40. The molecule has 0 saturated carbocycles. The van der Waals surface area contributed by atoms with Gasteiger partial charge in [0, 0.05) is 28.8 Å². The number of benzene rings is 2. The predicted octanol–water partition coefficient (Wildman–Crippen LogP) is 9.55. The zero-order valence-electron chi connectivity index (χ0n) is 26.7. The number of amides is 1. The molecule has 1 fully saturated rings. The first-order valence-corrected chi connectivity index (χ1v) is 14.7. The van der Waals surface area contributed by atoms with Crippen LogP contribution in [0.15, 0.2) is 71.8 Å². The summed E-state index contributed by atoms with van der Waals surface area (Å²) < 4.78 is 132. The maximum atomic E-state index is 13.9. The molecule has 1 aliphatic heterocycles. The molecule has 7 nitrogen and oxygen atoms in total. The highest BCUT2D eigenvalue weighted by Crippen LogP contribution is 2.41. The maximum absolute atomic E-state index is 13.9. The molecule has 2 aromatic carbocycles. The Balaban J connectivity index is 1.74. The van der Waals surface area contributed by atoms with Crippen molar-refractivity contribution in [3.8, 4) is 28.0 Å². The van der Waals surface area contributed by atoms with Crippen molar-refractivity contribution in [2.75, 3.05) is 7.11 Å². The first-order valence-electron chi connectivity index (χ1n) is 14.7. The SMILES string of the molecule is COc1ccc(-c2ccc(C(=O)O)nc2C)cc1-c1ccc(C(F)(F)F)cc1CN1C(=O)OC(C/C=C(\C=C(/C)C(F)(F)F)C(F)(F)F)C1C. The number of methoxy groups -OCH3 is 1. The zero-order valence-corrected chi connectivity index (χ0v) is 26.7. The Hall–Kier alpha value is -5.02. The van der Waals surface area contributed by atoms with E-state index in [1.54, 1.807) is 25.1 Å². The summed E-state index contributed by atoms with van der Waals surface area (Å²) in [6.07, 6.45) is -17.5. The molecule has 1 N–H and O–H groups in total. The van der Waals surface area contributed by atoms with Crippen LogP contribution in [0.3, 0.4) is 0 Å². The molecule has 0 bridgehead atoms. The number of alkyl halides is 9. The fraction of sp³-hybridized carbons (Fsp3) is 0.324. The Morgan fingerprint density at radius 1 is 0.960 bits per heavy atom. The molecule has 1 amide bonds. The lowest BCUT2D eigenvalue weighted by Crippen LogP contribution is -2.33. The van der Waals surface area contributed by atoms with Gasteiger partial charge >= 0.3 is 30.6 Å². The topological polar surface area (TPSA) is 89.0 Å². The quantitative estimate of drug-likeness (QED) is 0.175. The van der Waals surface area contributed by atoms with Gasteiger partial charge in [0.05, 0.1) is 30.8 Å². The van der Waals surface area contributed by atoms with E-state index in [0.717, 1.165) is 17.0 Å². The molecule has 2 heterocycles. The Bertz CT molecular complexity index is 1850. The molecule has 1 saturated heterocycles. The van der Waals surface area contributed by atoms with Gasteiger partial charge < -0.3 is 14.6 Å². The van der Waals surface area contributed by atoms with Gasteiger partial charge in [0.1, 0.15) is 17.5 Å². The number of aromatic nitrogens is 1. The monoisotopic (exact) mass is 716 g/mol.